The van der Waals surface area contributed by atoms with E-state index in [9.17, 15) is 4.79 Å². The van der Waals surface area contributed by atoms with E-state index in [4.69, 9.17) is 9.47 Å². The Labute approximate surface area is 96.5 Å². The average Bonchev–Trinajstić information content (AvgIpc) is 2.70. The monoisotopic (exact) mass is 224 g/mol. The highest BCUT2D eigenvalue weighted by Gasteiger charge is 2.60. The zero-order valence-electron chi connectivity index (χ0n) is 10.1. The number of Topliss-reactive ketones (excluding diaryl/α,β-unsaturated/α-hetero) is 1. The fraction of sp³-hybridized carbons (Fsp3) is 0.923. The molecule has 0 unspecified atom stereocenters. The average molecular weight is 224 g/mol. The maximum Gasteiger partial charge on any atom is 0.181 e. The largest absolute Gasteiger partial charge is 0.346 e. The van der Waals surface area contributed by atoms with Gasteiger partial charge in [0.05, 0.1) is 19.1 Å². The van der Waals surface area contributed by atoms with Crippen LogP contribution in [-0.4, -0.2) is 24.8 Å². The Morgan fingerprint density at radius 2 is 1.81 bits per heavy atom. The fourth-order valence-corrected chi connectivity index (χ4v) is 3.94. The molecule has 0 radical (unpaired) electrons. The van der Waals surface area contributed by atoms with E-state index < -0.39 is 5.79 Å². The number of hydrogen-bond donors (Lipinski definition) is 0. The van der Waals surface area contributed by atoms with Crippen molar-refractivity contribution in [1.29, 1.82) is 0 Å². The van der Waals surface area contributed by atoms with Crippen LogP contribution in [-0.2, 0) is 14.3 Å². The molecule has 2 saturated carbocycles. The van der Waals surface area contributed by atoms with E-state index in [-0.39, 0.29) is 11.8 Å². The summed E-state index contributed by atoms with van der Waals surface area (Å²) in [6, 6.07) is 0. The lowest BCUT2D eigenvalue weighted by Crippen LogP contribution is -2.58. The number of ether oxygens (including phenoxy) is 2. The van der Waals surface area contributed by atoms with Gasteiger partial charge in [-0.05, 0) is 25.2 Å². The molecule has 2 bridgehead atoms. The first-order valence-electron chi connectivity index (χ1n) is 6.45. The second-order valence-corrected chi connectivity index (χ2v) is 5.78. The Morgan fingerprint density at radius 1 is 1.12 bits per heavy atom. The van der Waals surface area contributed by atoms with Crippen LogP contribution in [0.1, 0.15) is 33.1 Å². The molecule has 0 aromatic carbocycles. The van der Waals surface area contributed by atoms with Crippen LogP contribution >= 0.6 is 0 Å². The van der Waals surface area contributed by atoms with Crippen molar-refractivity contribution in [2.24, 2.45) is 23.7 Å². The molecule has 1 saturated heterocycles. The van der Waals surface area contributed by atoms with Crippen LogP contribution in [0.5, 0.6) is 0 Å². The quantitative estimate of drug-likeness (QED) is 0.631. The molecule has 0 amide bonds. The molecule has 1 heterocycles. The Hall–Kier alpha value is -0.410. The maximum absolute atomic E-state index is 12.3. The third-order valence-corrected chi connectivity index (χ3v) is 4.59. The molecule has 16 heavy (non-hydrogen) atoms. The number of hydrogen-bond acceptors (Lipinski definition) is 3. The molecule has 4 atom stereocenters. The fourth-order valence-electron chi connectivity index (χ4n) is 3.94. The summed E-state index contributed by atoms with van der Waals surface area (Å²) in [5.41, 5.74) is 0. The van der Waals surface area contributed by atoms with Gasteiger partial charge in [-0.25, -0.2) is 0 Å². The molecular formula is C13H20O3. The van der Waals surface area contributed by atoms with E-state index in [2.05, 4.69) is 13.8 Å². The van der Waals surface area contributed by atoms with Crippen molar-refractivity contribution in [2.75, 3.05) is 13.2 Å². The predicted molar refractivity (Wildman–Crippen MR) is 58.8 cm³/mol. The zero-order chi connectivity index (χ0) is 11.3. The molecule has 3 nitrogen and oxygen atoms in total. The Kier molecular flexibility index (Phi) is 2.37. The summed E-state index contributed by atoms with van der Waals surface area (Å²) in [4.78, 5) is 12.3. The number of rotatable bonds is 0. The molecule has 2 aliphatic carbocycles. The van der Waals surface area contributed by atoms with Crippen molar-refractivity contribution in [3.63, 3.8) is 0 Å². The minimum atomic E-state index is -0.532. The van der Waals surface area contributed by atoms with Gasteiger partial charge in [0.2, 0.25) is 0 Å². The van der Waals surface area contributed by atoms with Crippen LogP contribution < -0.4 is 0 Å². The van der Waals surface area contributed by atoms with Crippen LogP contribution in [0.15, 0.2) is 0 Å². The number of carbonyl (C=O) groups is 1. The molecule has 0 aromatic rings. The highest BCUT2D eigenvalue weighted by molar-refractivity contribution is 5.85. The van der Waals surface area contributed by atoms with Crippen LogP contribution in [0.25, 0.3) is 0 Å². The second kappa shape index (κ2) is 3.54. The molecular weight excluding hydrogens is 204 g/mol. The van der Waals surface area contributed by atoms with Gasteiger partial charge in [-0.1, -0.05) is 13.8 Å². The number of carbonyl (C=O) groups excluding carboxylic acids is 1. The van der Waals surface area contributed by atoms with Crippen molar-refractivity contribution in [3.8, 4) is 0 Å². The highest BCUT2D eigenvalue weighted by Crippen LogP contribution is 2.53. The maximum atomic E-state index is 12.3. The molecule has 0 aromatic heterocycles. The summed E-state index contributed by atoms with van der Waals surface area (Å²) in [6.45, 7) is 5.61. The van der Waals surface area contributed by atoms with E-state index in [1.165, 1.54) is 0 Å². The summed E-state index contributed by atoms with van der Waals surface area (Å²) < 4.78 is 11.7. The molecule has 3 fully saturated rings. The molecule has 1 spiro atoms. The van der Waals surface area contributed by atoms with Gasteiger partial charge in [0.25, 0.3) is 0 Å². The van der Waals surface area contributed by atoms with Gasteiger partial charge in [0.1, 0.15) is 5.78 Å². The predicted octanol–water partition coefficient (Wildman–Crippen LogP) is 2.00. The van der Waals surface area contributed by atoms with Crippen molar-refractivity contribution in [3.05, 3.63) is 0 Å². The Bertz CT molecular complexity index is 306. The van der Waals surface area contributed by atoms with E-state index in [0.29, 0.717) is 30.8 Å². The van der Waals surface area contributed by atoms with Crippen molar-refractivity contribution in [1.82, 2.24) is 0 Å². The lowest BCUT2D eigenvalue weighted by molar-refractivity contribution is -0.260. The smallest absolute Gasteiger partial charge is 0.181 e. The SMILES string of the molecule is C[C@@H]1C[C@H]2C[C@H](C)C(=O)[C@@H](C1)C21OCCO1. The van der Waals surface area contributed by atoms with Crippen molar-refractivity contribution in [2.45, 2.75) is 38.9 Å². The molecule has 90 valence electrons. The van der Waals surface area contributed by atoms with Crippen molar-refractivity contribution >= 4 is 5.78 Å². The van der Waals surface area contributed by atoms with E-state index in [1.807, 2.05) is 0 Å². The molecule has 1 aliphatic heterocycles. The summed E-state index contributed by atoms with van der Waals surface area (Å²) in [5, 5.41) is 0. The van der Waals surface area contributed by atoms with Crippen LogP contribution in [0.2, 0.25) is 0 Å². The summed E-state index contributed by atoms with van der Waals surface area (Å²) >= 11 is 0. The van der Waals surface area contributed by atoms with Crippen LogP contribution in [0, 0.1) is 23.7 Å². The van der Waals surface area contributed by atoms with E-state index in [0.717, 1.165) is 19.3 Å². The Morgan fingerprint density at radius 3 is 2.50 bits per heavy atom. The van der Waals surface area contributed by atoms with Gasteiger partial charge in [-0.2, -0.15) is 0 Å². The molecule has 3 rings (SSSR count). The minimum Gasteiger partial charge on any atom is -0.346 e. The first-order valence-corrected chi connectivity index (χ1v) is 6.45. The van der Waals surface area contributed by atoms with Gasteiger partial charge in [-0.15, -0.1) is 0 Å². The zero-order valence-corrected chi connectivity index (χ0v) is 10.1. The molecule has 3 aliphatic rings. The minimum absolute atomic E-state index is 0.00694. The van der Waals surface area contributed by atoms with Crippen LogP contribution in [0.4, 0.5) is 0 Å². The molecule has 0 N–H and O–H groups in total. The normalized spacial score (nSPS) is 46.2. The van der Waals surface area contributed by atoms with E-state index >= 15 is 0 Å². The van der Waals surface area contributed by atoms with Gasteiger partial charge < -0.3 is 9.47 Å². The highest BCUT2D eigenvalue weighted by atomic mass is 16.7. The Balaban J connectivity index is 1.97. The molecule has 3 heteroatoms. The first kappa shape index (κ1) is 10.7. The third kappa shape index (κ3) is 1.31. The lowest BCUT2D eigenvalue weighted by atomic mass is 9.61. The van der Waals surface area contributed by atoms with Gasteiger partial charge in [0, 0.05) is 11.8 Å². The van der Waals surface area contributed by atoms with Crippen LogP contribution in [0.3, 0.4) is 0 Å². The van der Waals surface area contributed by atoms with E-state index in [1.54, 1.807) is 0 Å². The van der Waals surface area contributed by atoms with Gasteiger partial charge in [0.15, 0.2) is 5.79 Å². The second-order valence-electron chi connectivity index (χ2n) is 5.78. The summed E-state index contributed by atoms with van der Waals surface area (Å²) in [6.07, 6.45) is 3.04. The van der Waals surface area contributed by atoms with Crippen molar-refractivity contribution < 1.29 is 14.3 Å². The van der Waals surface area contributed by atoms with Gasteiger partial charge >= 0.3 is 0 Å². The number of ketones is 1. The summed E-state index contributed by atoms with van der Waals surface area (Å²) in [5.74, 6) is 1.08. The van der Waals surface area contributed by atoms with Gasteiger partial charge in [-0.3, -0.25) is 4.79 Å². The summed E-state index contributed by atoms with van der Waals surface area (Å²) in [7, 11) is 0. The standard InChI is InChI=1S/C13H20O3/c1-8-5-10-7-9(2)12(14)11(6-8)13(10)15-3-4-16-13/h8-11H,3-7H2,1-2H3/t8-,9+,10+,11-/m1/s1. The first-order chi connectivity index (χ1) is 7.63. The topological polar surface area (TPSA) is 35.5 Å². The third-order valence-electron chi connectivity index (χ3n) is 4.59. The lowest BCUT2D eigenvalue weighted by Gasteiger charge is -2.51.